The molecule has 3 rings (SSSR count). The van der Waals surface area contributed by atoms with Gasteiger partial charge < -0.3 is 15.0 Å². The molecular weight excluding hydrogens is 364 g/mol. The summed E-state index contributed by atoms with van der Waals surface area (Å²) in [6, 6.07) is 12.0. The quantitative estimate of drug-likeness (QED) is 0.775. The number of nitriles is 3. The number of benzene rings is 1. The first-order valence-electron chi connectivity index (χ1n) is 8.75. The number of rotatable bonds is 3. The molecule has 1 saturated carbocycles. The van der Waals surface area contributed by atoms with Crippen LogP contribution in [-0.4, -0.2) is 32.5 Å². The van der Waals surface area contributed by atoms with Crippen LogP contribution in [0.1, 0.15) is 11.5 Å². The van der Waals surface area contributed by atoms with E-state index in [0.717, 1.165) is 4.90 Å². The molecule has 1 fully saturated rings. The molecule has 2 N–H and O–H groups in total. The molecule has 28 heavy (non-hydrogen) atoms. The number of quaternary nitrogens is 1. The smallest absolute Gasteiger partial charge is 0.387 e. The van der Waals surface area contributed by atoms with E-state index in [4.69, 9.17) is 5.41 Å². The van der Waals surface area contributed by atoms with E-state index in [1.165, 1.54) is 12.1 Å². The summed E-state index contributed by atoms with van der Waals surface area (Å²) >= 11 is 0. The van der Waals surface area contributed by atoms with Crippen molar-refractivity contribution in [2.45, 2.75) is 12.5 Å². The van der Waals surface area contributed by atoms with Crippen LogP contribution in [0.3, 0.4) is 0 Å². The number of fused-ring (bicyclic) bond motifs is 1. The van der Waals surface area contributed by atoms with E-state index in [-0.39, 0.29) is 17.0 Å². The van der Waals surface area contributed by atoms with E-state index in [1.54, 1.807) is 12.1 Å². The molecule has 0 saturated heterocycles. The largest absolute Gasteiger partial charge is 0.435 e. The highest BCUT2D eigenvalue weighted by atomic mass is 19.3. The highest BCUT2D eigenvalue weighted by Gasteiger charge is 2.59. The molecule has 142 valence electrons. The van der Waals surface area contributed by atoms with Crippen LogP contribution in [0.4, 0.5) is 8.78 Å². The summed E-state index contributed by atoms with van der Waals surface area (Å²) < 4.78 is 30.6. The summed E-state index contributed by atoms with van der Waals surface area (Å²) in [5.41, 5.74) is -1.30. The minimum atomic E-state index is -3.07. The maximum Gasteiger partial charge on any atom is 0.387 e. The first kappa shape index (κ1) is 19.5. The molecule has 0 radical (unpaired) electrons. The van der Waals surface area contributed by atoms with Gasteiger partial charge in [-0.3, -0.25) is 0 Å². The second kappa shape index (κ2) is 7.38. The Morgan fingerprint density at radius 3 is 2.54 bits per heavy atom. The third-order valence-corrected chi connectivity index (χ3v) is 5.55. The van der Waals surface area contributed by atoms with Crippen molar-refractivity contribution in [2.24, 2.45) is 17.3 Å². The molecule has 1 aliphatic heterocycles. The van der Waals surface area contributed by atoms with E-state index in [1.807, 2.05) is 25.3 Å². The predicted molar refractivity (Wildman–Crippen MR) is 94.5 cm³/mol. The average Bonchev–Trinajstić information content (AvgIpc) is 2.68. The zero-order valence-electron chi connectivity index (χ0n) is 15.1. The van der Waals surface area contributed by atoms with Gasteiger partial charge in [0.25, 0.3) is 0 Å². The van der Waals surface area contributed by atoms with Gasteiger partial charge in [0.15, 0.2) is 5.41 Å². The Morgan fingerprint density at radius 1 is 1.25 bits per heavy atom. The van der Waals surface area contributed by atoms with Gasteiger partial charge in [-0.25, -0.2) is 0 Å². The minimum absolute atomic E-state index is 0.122. The van der Waals surface area contributed by atoms with Crippen LogP contribution in [0.25, 0.3) is 0 Å². The molecule has 1 aromatic carbocycles. The molecule has 0 amide bonds. The number of halogens is 2. The maximum absolute atomic E-state index is 13.0. The lowest BCUT2D eigenvalue weighted by Crippen LogP contribution is -3.10. The molecule has 2 aliphatic rings. The zero-order chi connectivity index (χ0) is 20.5. The molecule has 1 aliphatic carbocycles. The van der Waals surface area contributed by atoms with Crippen molar-refractivity contribution in [3.63, 3.8) is 0 Å². The number of ether oxygens (including phenoxy) is 1. The number of para-hydroxylation sites is 1. The Morgan fingerprint density at radius 2 is 1.93 bits per heavy atom. The Hall–Kier alpha value is -3.28. The van der Waals surface area contributed by atoms with Gasteiger partial charge in [0, 0.05) is 17.4 Å². The number of nitrogens with one attached hydrogen (secondary N) is 2. The summed E-state index contributed by atoms with van der Waals surface area (Å²) in [4.78, 5) is 1.10. The number of likely N-dealkylation sites (N-methyl/N-ethyl adjacent to an activating group) is 1. The first-order valence-corrected chi connectivity index (χ1v) is 8.75. The van der Waals surface area contributed by atoms with Crippen LogP contribution in [-0.2, 0) is 0 Å². The topological polar surface area (TPSA) is 109 Å². The molecule has 1 heterocycles. The fourth-order valence-corrected chi connectivity index (χ4v) is 4.34. The van der Waals surface area contributed by atoms with Gasteiger partial charge in [0.1, 0.15) is 11.7 Å². The van der Waals surface area contributed by atoms with Crippen molar-refractivity contribution < 1.29 is 18.4 Å². The van der Waals surface area contributed by atoms with Gasteiger partial charge in [-0.15, -0.1) is 0 Å². The molecule has 6 nitrogen and oxygen atoms in total. The normalized spacial score (nSPS) is 28.3. The van der Waals surface area contributed by atoms with Crippen molar-refractivity contribution in [3.05, 3.63) is 41.5 Å². The lowest BCUT2D eigenvalue weighted by Gasteiger charge is -2.46. The molecule has 4 atom stereocenters. The zero-order valence-corrected chi connectivity index (χ0v) is 15.1. The number of nitrogens with zero attached hydrogens (tertiary/aromatic N) is 3. The SMILES string of the molecule is C[NH+]1CC=C2C(C#N)C(=N)C(C#N)(C#N)[C@H](c3ccccc3OC(F)F)[C@H]2C1. The Balaban J connectivity index is 2.28. The van der Waals surface area contributed by atoms with Gasteiger partial charge in [-0.05, 0) is 17.7 Å². The van der Waals surface area contributed by atoms with Crippen LogP contribution < -0.4 is 9.64 Å². The van der Waals surface area contributed by atoms with E-state index in [2.05, 4.69) is 10.8 Å². The number of hydrogen-bond donors (Lipinski definition) is 2. The number of alkyl halides is 2. The van der Waals surface area contributed by atoms with Crippen molar-refractivity contribution in [1.82, 2.24) is 0 Å². The summed E-state index contributed by atoms with van der Waals surface area (Å²) in [5, 5.41) is 38.0. The third-order valence-electron chi connectivity index (χ3n) is 5.55. The van der Waals surface area contributed by atoms with Crippen LogP contribution >= 0.6 is 0 Å². The Kier molecular flexibility index (Phi) is 5.14. The minimum Gasteiger partial charge on any atom is -0.435 e. The van der Waals surface area contributed by atoms with Crippen molar-refractivity contribution in [3.8, 4) is 24.0 Å². The molecular formula is C20H18F2N5O+. The maximum atomic E-state index is 13.0. The average molecular weight is 382 g/mol. The summed E-state index contributed by atoms with van der Waals surface area (Å²) in [7, 11) is 1.94. The molecule has 0 bridgehead atoms. The number of hydrogen-bond acceptors (Lipinski definition) is 5. The van der Waals surface area contributed by atoms with Crippen molar-refractivity contribution >= 4 is 5.71 Å². The highest BCUT2D eigenvalue weighted by molar-refractivity contribution is 6.00. The fourth-order valence-electron chi connectivity index (χ4n) is 4.34. The first-order chi connectivity index (χ1) is 13.4. The second-order valence-electron chi connectivity index (χ2n) is 7.08. The third kappa shape index (κ3) is 2.91. The van der Waals surface area contributed by atoms with Crippen LogP contribution in [0.15, 0.2) is 35.9 Å². The van der Waals surface area contributed by atoms with Gasteiger partial charge in [0.2, 0.25) is 0 Å². The molecule has 0 spiro atoms. The standard InChI is InChI=1S/C20H17F2N5O/c1-27-7-6-12-14(8-23)18(26)20(10-24,11-25)17(15(12)9-27)13-4-2-3-5-16(13)28-19(21)22/h2-6,14-15,17,19,26H,7,9H2,1H3/p+1/t14?,15-,17+/m0/s1. The van der Waals surface area contributed by atoms with Crippen LogP contribution in [0, 0.1) is 56.7 Å². The predicted octanol–water partition coefficient (Wildman–Crippen LogP) is 1.65. The molecule has 8 heteroatoms. The lowest BCUT2D eigenvalue weighted by molar-refractivity contribution is -0.878. The summed E-state index contributed by atoms with van der Waals surface area (Å²) in [5.74, 6) is -2.41. The molecule has 1 aromatic rings. The Labute approximate surface area is 161 Å². The second-order valence-corrected chi connectivity index (χ2v) is 7.08. The van der Waals surface area contributed by atoms with Crippen LogP contribution in [0.5, 0.6) is 5.75 Å². The van der Waals surface area contributed by atoms with Crippen molar-refractivity contribution in [2.75, 3.05) is 20.1 Å². The molecule has 2 unspecified atom stereocenters. The Bertz CT molecular complexity index is 939. The van der Waals surface area contributed by atoms with Gasteiger partial charge in [0.05, 0.1) is 44.1 Å². The lowest BCUT2D eigenvalue weighted by atomic mass is 9.54. The highest BCUT2D eigenvalue weighted by Crippen LogP contribution is 2.54. The van der Waals surface area contributed by atoms with E-state index in [9.17, 15) is 24.6 Å². The van der Waals surface area contributed by atoms with Crippen LogP contribution in [0.2, 0.25) is 0 Å². The van der Waals surface area contributed by atoms with Gasteiger partial charge in [-0.1, -0.05) is 18.2 Å². The van der Waals surface area contributed by atoms with Crippen molar-refractivity contribution in [1.29, 1.82) is 21.2 Å². The van der Waals surface area contributed by atoms with Gasteiger partial charge in [-0.2, -0.15) is 24.6 Å². The monoisotopic (exact) mass is 382 g/mol. The summed E-state index contributed by atoms with van der Waals surface area (Å²) in [6.45, 7) is -1.91. The molecule has 0 aromatic heterocycles. The van der Waals surface area contributed by atoms with Gasteiger partial charge >= 0.3 is 6.61 Å². The van der Waals surface area contributed by atoms with E-state index >= 15 is 0 Å². The summed E-state index contributed by atoms with van der Waals surface area (Å²) in [6.07, 6.45) is 1.87. The fraction of sp³-hybridized carbons (Fsp3) is 0.400. The van der Waals surface area contributed by atoms with E-state index < -0.39 is 29.8 Å². The van der Waals surface area contributed by atoms with E-state index in [0.29, 0.717) is 18.7 Å².